The number of nitrogens with one attached hydrogen (secondary N) is 1. The summed E-state index contributed by atoms with van der Waals surface area (Å²) in [5.41, 5.74) is 3.50. The van der Waals surface area contributed by atoms with Gasteiger partial charge in [-0.2, -0.15) is 0 Å². The highest BCUT2D eigenvalue weighted by Gasteiger charge is 2.22. The molecule has 3 nitrogen and oxygen atoms in total. The van der Waals surface area contributed by atoms with Crippen molar-refractivity contribution in [2.75, 3.05) is 5.32 Å². The lowest BCUT2D eigenvalue weighted by atomic mass is 9.89. The first kappa shape index (κ1) is 13.6. The Balaban J connectivity index is 1.78. The molecule has 1 aromatic carbocycles. The predicted molar refractivity (Wildman–Crippen MR) is 84.3 cm³/mol. The van der Waals surface area contributed by atoms with E-state index in [1.807, 2.05) is 0 Å². The molecule has 0 unspecified atom stereocenters. The Labute approximate surface area is 123 Å². The van der Waals surface area contributed by atoms with Crippen LogP contribution in [0.4, 0.5) is 5.13 Å². The molecule has 1 N–H and O–H groups in total. The van der Waals surface area contributed by atoms with Gasteiger partial charge in [0.1, 0.15) is 0 Å². The van der Waals surface area contributed by atoms with Crippen LogP contribution in [0, 0.1) is 19.8 Å². The highest BCUT2D eigenvalue weighted by Crippen LogP contribution is 2.30. The van der Waals surface area contributed by atoms with Gasteiger partial charge in [0.25, 0.3) is 0 Å². The molecule has 0 spiro atoms. The Kier molecular flexibility index (Phi) is 3.74. The molecular weight excluding hydrogens is 268 g/mol. The number of carbonyl (C=O) groups excluding carboxylic acids is 1. The minimum Gasteiger partial charge on any atom is -0.302 e. The van der Waals surface area contributed by atoms with Crippen molar-refractivity contribution in [1.29, 1.82) is 0 Å². The maximum absolute atomic E-state index is 12.2. The summed E-state index contributed by atoms with van der Waals surface area (Å²) in [6.07, 6.45) is 5.67. The van der Waals surface area contributed by atoms with Crippen molar-refractivity contribution in [3.63, 3.8) is 0 Å². The van der Waals surface area contributed by atoms with E-state index in [1.54, 1.807) is 11.3 Å². The van der Waals surface area contributed by atoms with Gasteiger partial charge in [-0.05, 0) is 49.9 Å². The van der Waals surface area contributed by atoms with E-state index in [-0.39, 0.29) is 11.8 Å². The second kappa shape index (κ2) is 5.52. The van der Waals surface area contributed by atoms with E-state index in [4.69, 9.17) is 0 Å². The van der Waals surface area contributed by atoms with Gasteiger partial charge in [-0.15, -0.1) is 0 Å². The number of anilines is 1. The molecule has 4 heteroatoms. The molecule has 0 atom stereocenters. The van der Waals surface area contributed by atoms with E-state index in [9.17, 15) is 4.79 Å². The number of hydrogen-bond donors (Lipinski definition) is 1. The summed E-state index contributed by atoms with van der Waals surface area (Å²) in [6.45, 7) is 4.20. The number of rotatable bonds is 2. The van der Waals surface area contributed by atoms with E-state index < -0.39 is 0 Å². The molecule has 1 saturated carbocycles. The molecule has 3 rings (SSSR count). The number of amides is 1. The van der Waals surface area contributed by atoms with Crippen LogP contribution >= 0.6 is 11.3 Å². The van der Waals surface area contributed by atoms with Gasteiger partial charge < -0.3 is 5.32 Å². The fraction of sp³-hybridized carbons (Fsp3) is 0.500. The number of hydrogen-bond acceptors (Lipinski definition) is 3. The van der Waals surface area contributed by atoms with Crippen LogP contribution < -0.4 is 5.32 Å². The van der Waals surface area contributed by atoms with Crippen LogP contribution in [0.5, 0.6) is 0 Å². The SMILES string of the molecule is Cc1cc2nc(NC(=O)C3CCCCC3)sc2cc1C. The Morgan fingerprint density at radius 1 is 1.20 bits per heavy atom. The van der Waals surface area contributed by atoms with Gasteiger partial charge in [-0.25, -0.2) is 4.98 Å². The van der Waals surface area contributed by atoms with Crippen LogP contribution in [0.25, 0.3) is 10.2 Å². The molecule has 1 fully saturated rings. The Hall–Kier alpha value is -1.42. The molecule has 0 aliphatic heterocycles. The number of thiazole rings is 1. The van der Waals surface area contributed by atoms with Crippen molar-refractivity contribution in [3.05, 3.63) is 23.3 Å². The molecule has 1 aliphatic carbocycles. The van der Waals surface area contributed by atoms with Gasteiger partial charge in [0.2, 0.25) is 5.91 Å². The fourth-order valence-corrected chi connectivity index (χ4v) is 3.75. The van der Waals surface area contributed by atoms with Crippen LogP contribution in [0.2, 0.25) is 0 Å². The standard InChI is InChI=1S/C16H20N2OS/c1-10-8-13-14(9-11(10)2)20-16(17-13)18-15(19)12-6-4-3-5-7-12/h8-9,12H,3-7H2,1-2H3,(H,17,18,19). The molecule has 20 heavy (non-hydrogen) atoms. The Bertz CT molecular complexity index is 602. The van der Waals surface area contributed by atoms with Gasteiger partial charge in [0, 0.05) is 5.92 Å². The van der Waals surface area contributed by atoms with Crippen molar-refractivity contribution >= 4 is 32.6 Å². The summed E-state index contributed by atoms with van der Waals surface area (Å²) in [6, 6.07) is 4.25. The third-order valence-corrected chi connectivity index (χ3v) is 5.14. The third-order valence-electron chi connectivity index (χ3n) is 4.21. The third kappa shape index (κ3) is 2.70. The predicted octanol–water partition coefficient (Wildman–Crippen LogP) is 4.43. The Morgan fingerprint density at radius 3 is 2.65 bits per heavy atom. The van der Waals surface area contributed by atoms with E-state index in [1.165, 1.54) is 30.4 Å². The number of benzene rings is 1. The van der Waals surface area contributed by atoms with Crippen LogP contribution in [-0.2, 0) is 4.79 Å². The first-order valence-corrected chi connectivity index (χ1v) is 8.14. The van der Waals surface area contributed by atoms with Crippen molar-refractivity contribution < 1.29 is 4.79 Å². The lowest BCUT2D eigenvalue weighted by Crippen LogP contribution is -2.24. The largest absolute Gasteiger partial charge is 0.302 e. The average molecular weight is 288 g/mol. The first-order chi connectivity index (χ1) is 9.63. The number of carbonyl (C=O) groups is 1. The molecular formula is C16H20N2OS. The maximum Gasteiger partial charge on any atom is 0.229 e. The zero-order valence-corrected chi connectivity index (χ0v) is 12.8. The topological polar surface area (TPSA) is 42.0 Å². The molecule has 106 valence electrons. The molecule has 0 radical (unpaired) electrons. The van der Waals surface area contributed by atoms with Crippen LogP contribution in [0.1, 0.15) is 43.2 Å². The highest BCUT2D eigenvalue weighted by molar-refractivity contribution is 7.22. The second-order valence-corrected chi connectivity index (χ2v) is 6.78. The summed E-state index contributed by atoms with van der Waals surface area (Å²) < 4.78 is 1.15. The summed E-state index contributed by atoms with van der Waals surface area (Å²) in [4.78, 5) is 16.8. The van der Waals surface area contributed by atoms with Gasteiger partial charge in [-0.3, -0.25) is 4.79 Å². The maximum atomic E-state index is 12.2. The summed E-state index contributed by atoms with van der Waals surface area (Å²) in [7, 11) is 0. The monoisotopic (exact) mass is 288 g/mol. The van der Waals surface area contributed by atoms with Crippen LogP contribution in [-0.4, -0.2) is 10.9 Å². The molecule has 1 aromatic heterocycles. The van der Waals surface area contributed by atoms with Gasteiger partial charge in [0.05, 0.1) is 10.2 Å². The zero-order valence-electron chi connectivity index (χ0n) is 12.0. The van der Waals surface area contributed by atoms with E-state index in [0.29, 0.717) is 0 Å². The van der Waals surface area contributed by atoms with Gasteiger partial charge in [-0.1, -0.05) is 30.6 Å². The van der Waals surface area contributed by atoms with E-state index in [0.717, 1.165) is 28.2 Å². The average Bonchev–Trinajstić information content (AvgIpc) is 2.81. The summed E-state index contributed by atoms with van der Waals surface area (Å²) in [5.74, 6) is 0.330. The van der Waals surface area contributed by atoms with Crippen LogP contribution in [0.3, 0.4) is 0 Å². The number of fused-ring (bicyclic) bond motifs is 1. The lowest BCUT2D eigenvalue weighted by molar-refractivity contribution is -0.120. The molecule has 1 heterocycles. The first-order valence-electron chi connectivity index (χ1n) is 7.32. The molecule has 0 bridgehead atoms. The highest BCUT2D eigenvalue weighted by atomic mass is 32.1. The van der Waals surface area contributed by atoms with E-state index >= 15 is 0 Å². The quantitative estimate of drug-likeness (QED) is 0.888. The normalized spacial score (nSPS) is 16.5. The zero-order chi connectivity index (χ0) is 14.1. The van der Waals surface area contributed by atoms with Crippen LogP contribution in [0.15, 0.2) is 12.1 Å². The van der Waals surface area contributed by atoms with E-state index in [2.05, 4.69) is 36.3 Å². The minimum absolute atomic E-state index is 0.150. The number of aryl methyl sites for hydroxylation is 2. The minimum atomic E-state index is 0.150. The molecule has 0 saturated heterocycles. The second-order valence-electron chi connectivity index (χ2n) is 5.75. The number of nitrogens with zero attached hydrogens (tertiary/aromatic N) is 1. The fourth-order valence-electron chi connectivity index (χ4n) is 2.81. The molecule has 2 aromatic rings. The van der Waals surface area contributed by atoms with Crippen molar-refractivity contribution in [1.82, 2.24) is 4.98 Å². The lowest BCUT2D eigenvalue weighted by Gasteiger charge is -2.19. The molecule has 1 amide bonds. The Morgan fingerprint density at radius 2 is 1.90 bits per heavy atom. The van der Waals surface area contributed by atoms with Crippen molar-refractivity contribution in [2.45, 2.75) is 46.0 Å². The molecule has 1 aliphatic rings. The summed E-state index contributed by atoms with van der Waals surface area (Å²) in [5, 5.41) is 3.75. The van der Waals surface area contributed by atoms with Gasteiger partial charge in [0.15, 0.2) is 5.13 Å². The van der Waals surface area contributed by atoms with Crippen molar-refractivity contribution in [3.8, 4) is 0 Å². The number of aromatic nitrogens is 1. The summed E-state index contributed by atoms with van der Waals surface area (Å²) >= 11 is 1.57. The van der Waals surface area contributed by atoms with Crippen molar-refractivity contribution in [2.24, 2.45) is 5.92 Å². The smallest absolute Gasteiger partial charge is 0.229 e. The van der Waals surface area contributed by atoms with Gasteiger partial charge >= 0.3 is 0 Å².